The SMILES string of the molecule is CCC1(C2CC=CCC2)CCCCC1. The zero-order chi connectivity index (χ0) is 9.86. The van der Waals surface area contributed by atoms with Crippen LogP contribution in [0, 0.1) is 11.3 Å². The van der Waals surface area contributed by atoms with Crippen LogP contribution < -0.4 is 0 Å². The van der Waals surface area contributed by atoms with Gasteiger partial charge in [-0.25, -0.2) is 0 Å². The van der Waals surface area contributed by atoms with Crippen molar-refractivity contribution in [1.29, 1.82) is 0 Å². The minimum Gasteiger partial charge on any atom is -0.0885 e. The van der Waals surface area contributed by atoms with Gasteiger partial charge in [-0.05, 0) is 43.4 Å². The molecule has 0 aromatic carbocycles. The molecule has 0 spiro atoms. The second-order valence-electron chi connectivity index (χ2n) is 5.26. The van der Waals surface area contributed by atoms with Crippen molar-refractivity contribution in [3.63, 3.8) is 0 Å². The lowest BCUT2D eigenvalue weighted by atomic mass is 9.61. The van der Waals surface area contributed by atoms with Crippen LogP contribution in [0.5, 0.6) is 0 Å². The molecule has 1 saturated carbocycles. The van der Waals surface area contributed by atoms with E-state index in [1.807, 2.05) is 0 Å². The van der Waals surface area contributed by atoms with Crippen molar-refractivity contribution in [2.45, 2.75) is 64.7 Å². The van der Waals surface area contributed by atoms with Crippen LogP contribution in [0.4, 0.5) is 0 Å². The van der Waals surface area contributed by atoms with Gasteiger partial charge in [0.05, 0.1) is 0 Å². The molecule has 1 fully saturated rings. The highest BCUT2D eigenvalue weighted by molar-refractivity contribution is 4.97. The lowest BCUT2D eigenvalue weighted by molar-refractivity contribution is 0.0826. The summed E-state index contributed by atoms with van der Waals surface area (Å²) in [5.74, 6) is 1.01. The van der Waals surface area contributed by atoms with Crippen molar-refractivity contribution in [2.75, 3.05) is 0 Å². The van der Waals surface area contributed by atoms with Gasteiger partial charge in [0.2, 0.25) is 0 Å². The molecule has 2 aliphatic carbocycles. The van der Waals surface area contributed by atoms with Crippen LogP contribution in [-0.2, 0) is 0 Å². The average Bonchev–Trinajstić information content (AvgIpc) is 2.31. The van der Waals surface area contributed by atoms with E-state index in [2.05, 4.69) is 19.1 Å². The fourth-order valence-electron chi connectivity index (χ4n) is 3.66. The molecule has 0 heterocycles. The van der Waals surface area contributed by atoms with E-state index in [0.717, 1.165) is 11.3 Å². The Kier molecular flexibility index (Phi) is 3.30. The van der Waals surface area contributed by atoms with Crippen molar-refractivity contribution >= 4 is 0 Å². The van der Waals surface area contributed by atoms with Crippen molar-refractivity contribution in [3.05, 3.63) is 12.2 Å². The van der Waals surface area contributed by atoms with E-state index in [-0.39, 0.29) is 0 Å². The van der Waals surface area contributed by atoms with Gasteiger partial charge in [-0.2, -0.15) is 0 Å². The molecule has 2 rings (SSSR count). The van der Waals surface area contributed by atoms with Crippen LogP contribution in [-0.4, -0.2) is 0 Å². The first-order valence-electron chi connectivity index (χ1n) is 6.52. The summed E-state index contributed by atoms with van der Waals surface area (Å²) < 4.78 is 0. The van der Waals surface area contributed by atoms with Crippen molar-refractivity contribution in [3.8, 4) is 0 Å². The molecule has 0 aromatic rings. The normalized spacial score (nSPS) is 31.6. The van der Waals surface area contributed by atoms with Crippen LogP contribution in [0.15, 0.2) is 12.2 Å². The molecule has 14 heavy (non-hydrogen) atoms. The third-order valence-corrected chi connectivity index (χ3v) is 4.69. The molecule has 1 unspecified atom stereocenters. The highest BCUT2D eigenvalue weighted by atomic mass is 14.4. The summed E-state index contributed by atoms with van der Waals surface area (Å²) in [4.78, 5) is 0. The molecule has 0 N–H and O–H groups in total. The molecule has 0 radical (unpaired) electrons. The summed E-state index contributed by atoms with van der Waals surface area (Å²) in [7, 11) is 0. The predicted octanol–water partition coefficient (Wildman–Crippen LogP) is 4.70. The minimum absolute atomic E-state index is 0.739. The Bertz CT molecular complexity index is 196. The molecule has 0 aliphatic heterocycles. The third kappa shape index (κ3) is 1.89. The van der Waals surface area contributed by atoms with E-state index in [1.165, 1.54) is 57.8 Å². The summed E-state index contributed by atoms with van der Waals surface area (Å²) in [6.45, 7) is 2.42. The van der Waals surface area contributed by atoms with Gasteiger partial charge < -0.3 is 0 Å². The zero-order valence-electron chi connectivity index (χ0n) is 9.60. The Morgan fingerprint density at radius 3 is 2.50 bits per heavy atom. The van der Waals surface area contributed by atoms with E-state index >= 15 is 0 Å². The van der Waals surface area contributed by atoms with Gasteiger partial charge in [-0.3, -0.25) is 0 Å². The first-order chi connectivity index (χ1) is 6.87. The first-order valence-corrected chi connectivity index (χ1v) is 6.52. The van der Waals surface area contributed by atoms with E-state index in [9.17, 15) is 0 Å². The van der Waals surface area contributed by atoms with Crippen molar-refractivity contribution in [1.82, 2.24) is 0 Å². The molecule has 0 nitrogen and oxygen atoms in total. The zero-order valence-corrected chi connectivity index (χ0v) is 9.60. The van der Waals surface area contributed by atoms with Crippen LogP contribution in [0.25, 0.3) is 0 Å². The summed E-state index contributed by atoms with van der Waals surface area (Å²) in [5.41, 5.74) is 0.739. The molecule has 0 heteroatoms. The van der Waals surface area contributed by atoms with E-state index < -0.39 is 0 Å². The highest BCUT2D eigenvalue weighted by Crippen LogP contribution is 2.49. The van der Waals surface area contributed by atoms with Crippen molar-refractivity contribution in [2.24, 2.45) is 11.3 Å². The second-order valence-corrected chi connectivity index (χ2v) is 5.26. The summed E-state index contributed by atoms with van der Waals surface area (Å²) in [6, 6.07) is 0. The van der Waals surface area contributed by atoms with Gasteiger partial charge >= 0.3 is 0 Å². The van der Waals surface area contributed by atoms with E-state index in [1.54, 1.807) is 0 Å². The summed E-state index contributed by atoms with van der Waals surface area (Å²) in [5, 5.41) is 0. The average molecular weight is 192 g/mol. The monoisotopic (exact) mass is 192 g/mol. The van der Waals surface area contributed by atoms with E-state index in [0.29, 0.717) is 0 Å². The molecule has 0 bridgehead atoms. The van der Waals surface area contributed by atoms with Gasteiger partial charge in [-0.15, -0.1) is 0 Å². The topological polar surface area (TPSA) is 0 Å². The molecule has 80 valence electrons. The highest BCUT2D eigenvalue weighted by Gasteiger charge is 2.37. The third-order valence-electron chi connectivity index (χ3n) is 4.69. The van der Waals surface area contributed by atoms with E-state index in [4.69, 9.17) is 0 Å². The number of hydrogen-bond donors (Lipinski definition) is 0. The lowest BCUT2D eigenvalue weighted by Gasteiger charge is -2.44. The number of rotatable bonds is 2. The summed E-state index contributed by atoms with van der Waals surface area (Å²) in [6.07, 6.45) is 17.9. The van der Waals surface area contributed by atoms with Gasteiger partial charge in [0.25, 0.3) is 0 Å². The number of allylic oxidation sites excluding steroid dienone is 2. The van der Waals surface area contributed by atoms with Crippen LogP contribution >= 0.6 is 0 Å². The van der Waals surface area contributed by atoms with Gasteiger partial charge in [0.15, 0.2) is 0 Å². The maximum Gasteiger partial charge on any atom is -0.0269 e. The van der Waals surface area contributed by atoms with Crippen LogP contribution in [0.1, 0.15) is 64.7 Å². The lowest BCUT2D eigenvalue weighted by Crippen LogP contribution is -2.33. The Morgan fingerprint density at radius 2 is 1.93 bits per heavy atom. The molecule has 2 aliphatic rings. The Hall–Kier alpha value is -0.260. The molecule has 0 aromatic heterocycles. The van der Waals surface area contributed by atoms with Gasteiger partial charge in [0.1, 0.15) is 0 Å². The van der Waals surface area contributed by atoms with Gasteiger partial charge in [0, 0.05) is 0 Å². The first kappa shape index (κ1) is 10.3. The fraction of sp³-hybridized carbons (Fsp3) is 0.857. The van der Waals surface area contributed by atoms with Crippen LogP contribution in [0.3, 0.4) is 0 Å². The fourth-order valence-corrected chi connectivity index (χ4v) is 3.66. The summed E-state index contributed by atoms with van der Waals surface area (Å²) >= 11 is 0. The van der Waals surface area contributed by atoms with Crippen LogP contribution in [0.2, 0.25) is 0 Å². The Labute approximate surface area is 88.8 Å². The standard InChI is InChI=1S/C14H24/c1-2-14(11-7-4-8-12-14)13-9-5-3-6-10-13/h3,5,13H,2,4,6-12H2,1H3. The molecule has 0 amide bonds. The molecule has 1 atom stereocenters. The molecule has 0 saturated heterocycles. The largest absolute Gasteiger partial charge is 0.0885 e. The Morgan fingerprint density at radius 1 is 1.14 bits per heavy atom. The maximum atomic E-state index is 2.43. The number of hydrogen-bond acceptors (Lipinski definition) is 0. The minimum atomic E-state index is 0.739. The Balaban J connectivity index is 2.05. The van der Waals surface area contributed by atoms with Gasteiger partial charge in [-0.1, -0.05) is 44.8 Å². The maximum absolute atomic E-state index is 2.43. The predicted molar refractivity (Wildman–Crippen MR) is 62.3 cm³/mol. The smallest absolute Gasteiger partial charge is 0.0269 e. The molecular weight excluding hydrogens is 168 g/mol. The second kappa shape index (κ2) is 4.51. The van der Waals surface area contributed by atoms with Crippen molar-refractivity contribution < 1.29 is 0 Å². The molecular formula is C14H24. The quantitative estimate of drug-likeness (QED) is 0.556.